The number of ether oxygens (including phenoxy) is 1. The van der Waals surface area contributed by atoms with Crippen LogP contribution in [0.2, 0.25) is 0 Å². The highest BCUT2D eigenvalue weighted by atomic mass is 35.5. The molecule has 0 aliphatic carbocycles. The molecular formula is C12H14Cl2N2O3. The van der Waals surface area contributed by atoms with E-state index in [1.54, 1.807) is 24.3 Å². The molecule has 0 saturated heterocycles. The van der Waals surface area contributed by atoms with E-state index in [2.05, 4.69) is 0 Å². The predicted molar refractivity (Wildman–Crippen MR) is 75.6 cm³/mol. The molecule has 0 aliphatic heterocycles. The molecule has 5 nitrogen and oxygen atoms in total. The lowest BCUT2D eigenvalue weighted by molar-refractivity contribution is -0.140. The van der Waals surface area contributed by atoms with E-state index in [1.165, 1.54) is 4.90 Å². The molecule has 1 amide bonds. The molecule has 0 heterocycles. The Kier molecular flexibility index (Phi) is 6.45. The van der Waals surface area contributed by atoms with Crippen LogP contribution in [-0.2, 0) is 14.3 Å². The predicted octanol–water partition coefficient (Wildman–Crippen LogP) is 1.62. The fraction of sp³-hybridized carbons (Fsp3) is 0.333. The smallest absolute Gasteiger partial charge is 0.320 e. The van der Waals surface area contributed by atoms with Crippen molar-refractivity contribution in [3.63, 3.8) is 0 Å². The average Bonchev–Trinajstić information content (AvgIpc) is 2.43. The largest absolute Gasteiger partial charge is 0.463 e. The molecule has 1 aromatic rings. The van der Waals surface area contributed by atoms with Crippen LogP contribution in [0.5, 0.6) is 0 Å². The van der Waals surface area contributed by atoms with Gasteiger partial charge in [-0.25, -0.2) is 0 Å². The Morgan fingerprint density at radius 3 is 2.32 bits per heavy atom. The lowest BCUT2D eigenvalue weighted by atomic mass is 10.2. The van der Waals surface area contributed by atoms with Crippen LogP contribution in [-0.4, -0.2) is 36.8 Å². The number of carbonyl (C=O) groups is 2. The topological polar surface area (TPSA) is 72.6 Å². The number of rotatable bonds is 6. The first-order chi connectivity index (χ1) is 9.08. The minimum atomic E-state index is -0.530. The normalized spacial score (nSPS) is 10.0. The Hall–Kier alpha value is -1.46. The molecule has 104 valence electrons. The molecule has 0 radical (unpaired) electrons. The number of hydrogen-bond acceptors (Lipinski definition) is 4. The lowest BCUT2D eigenvalue weighted by Gasteiger charge is -2.21. The van der Waals surface area contributed by atoms with Crippen LogP contribution in [0, 0.1) is 0 Å². The van der Waals surface area contributed by atoms with Gasteiger partial charge >= 0.3 is 5.97 Å². The first-order valence-corrected chi connectivity index (χ1v) is 6.59. The molecule has 2 N–H and O–H groups in total. The van der Waals surface area contributed by atoms with Crippen molar-refractivity contribution >= 4 is 46.5 Å². The van der Waals surface area contributed by atoms with Crippen LogP contribution >= 0.6 is 23.2 Å². The van der Waals surface area contributed by atoms with E-state index in [9.17, 15) is 9.59 Å². The molecular weight excluding hydrogens is 291 g/mol. The number of nitrogens with zero attached hydrogens (tertiary/aromatic N) is 1. The van der Waals surface area contributed by atoms with Crippen molar-refractivity contribution in [3.8, 4) is 0 Å². The maximum Gasteiger partial charge on any atom is 0.320 e. The molecule has 0 saturated carbocycles. The van der Waals surface area contributed by atoms with Crippen molar-refractivity contribution < 1.29 is 14.3 Å². The quantitative estimate of drug-likeness (QED) is 0.492. The molecule has 0 bridgehead atoms. The zero-order valence-electron chi connectivity index (χ0n) is 10.1. The monoisotopic (exact) mass is 304 g/mol. The van der Waals surface area contributed by atoms with Crippen LogP contribution < -0.4 is 10.6 Å². The van der Waals surface area contributed by atoms with Crippen LogP contribution in [0.1, 0.15) is 0 Å². The van der Waals surface area contributed by atoms with E-state index in [0.717, 1.165) is 0 Å². The van der Waals surface area contributed by atoms with Crippen LogP contribution in [0.15, 0.2) is 24.3 Å². The van der Waals surface area contributed by atoms with Crippen molar-refractivity contribution in [2.24, 2.45) is 0 Å². The van der Waals surface area contributed by atoms with E-state index >= 15 is 0 Å². The van der Waals surface area contributed by atoms with Gasteiger partial charge < -0.3 is 15.4 Å². The lowest BCUT2D eigenvalue weighted by Crippen LogP contribution is -2.35. The third-order valence-corrected chi connectivity index (χ3v) is 2.75. The summed E-state index contributed by atoms with van der Waals surface area (Å²) in [6, 6.07) is 6.75. The van der Waals surface area contributed by atoms with Gasteiger partial charge in [0.25, 0.3) is 0 Å². The Morgan fingerprint density at radius 1 is 1.16 bits per heavy atom. The molecule has 0 atom stereocenters. The van der Waals surface area contributed by atoms with Crippen LogP contribution in [0.4, 0.5) is 11.4 Å². The summed E-state index contributed by atoms with van der Waals surface area (Å²) >= 11 is 10.9. The van der Waals surface area contributed by atoms with Gasteiger partial charge in [-0.3, -0.25) is 9.59 Å². The first-order valence-electron chi connectivity index (χ1n) is 5.52. The number of alkyl halides is 2. The minimum absolute atomic E-state index is 0.0541. The molecule has 0 fully saturated rings. The minimum Gasteiger partial charge on any atom is -0.463 e. The van der Waals surface area contributed by atoms with E-state index in [0.29, 0.717) is 11.4 Å². The molecule has 7 heteroatoms. The Balaban J connectivity index is 2.70. The fourth-order valence-electron chi connectivity index (χ4n) is 1.41. The second-order valence-corrected chi connectivity index (χ2v) is 4.16. The zero-order chi connectivity index (χ0) is 14.3. The van der Waals surface area contributed by atoms with Crippen LogP contribution in [0.3, 0.4) is 0 Å². The van der Waals surface area contributed by atoms with Gasteiger partial charge in [-0.2, -0.15) is 0 Å². The standard InChI is InChI=1S/C12H14Cl2N2O3/c13-7-11(17)16(5-6-19-12(18)8-14)10-3-1-9(15)2-4-10/h1-4H,5-8,15H2. The van der Waals surface area contributed by atoms with Gasteiger partial charge in [0.05, 0.1) is 6.54 Å². The highest BCUT2D eigenvalue weighted by Crippen LogP contribution is 2.16. The summed E-state index contributed by atoms with van der Waals surface area (Å²) in [5.74, 6) is -1.19. The number of carbonyl (C=O) groups excluding carboxylic acids is 2. The summed E-state index contributed by atoms with van der Waals surface area (Å²) < 4.78 is 4.83. The third-order valence-electron chi connectivity index (χ3n) is 2.31. The summed E-state index contributed by atoms with van der Waals surface area (Å²) in [7, 11) is 0. The Morgan fingerprint density at radius 2 is 1.79 bits per heavy atom. The van der Waals surface area contributed by atoms with Gasteiger partial charge in [-0.1, -0.05) is 0 Å². The summed E-state index contributed by atoms with van der Waals surface area (Å²) in [6.07, 6.45) is 0. The molecule has 0 aliphatic rings. The first kappa shape index (κ1) is 15.6. The van der Waals surface area contributed by atoms with Crippen molar-refractivity contribution in [1.29, 1.82) is 0 Å². The van der Waals surface area contributed by atoms with E-state index < -0.39 is 5.97 Å². The van der Waals surface area contributed by atoms with E-state index in [-0.39, 0.29) is 30.8 Å². The van der Waals surface area contributed by atoms with Crippen LogP contribution in [0.25, 0.3) is 0 Å². The molecule has 0 unspecified atom stereocenters. The molecule has 0 spiro atoms. The highest BCUT2D eigenvalue weighted by molar-refractivity contribution is 6.29. The number of esters is 1. The van der Waals surface area contributed by atoms with E-state index in [1.807, 2.05) is 0 Å². The Bertz CT molecular complexity index is 437. The number of halogens is 2. The number of nitrogen functional groups attached to an aromatic ring is 1. The van der Waals surface area contributed by atoms with Crippen molar-refractivity contribution in [3.05, 3.63) is 24.3 Å². The highest BCUT2D eigenvalue weighted by Gasteiger charge is 2.15. The second-order valence-electron chi connectivity index (χ2n) is 3.62. The molecule has 1 rings (SSSR count). The third kappa shape index (κ3) is 4.96. The zero-order valence-corrected chi connectivity index (χ0v) is 11.7. The van der Waals surface area contributed by atoms with Gasteiger partial charge in [-0.15, -0.1) is 23.2 Å². The Labute approximate surface area is 121 Å². The molecule has 19 heavy (non-hydrogen) atoms. The number of amides is 1. The number of nitrogens with two attached hydrogens (primary N) is 1. The maximum atomic E-state index is 11.7. The molecule has 1 aromatic carbocycles. The average molecular weight is 305 g/mol. The van der Waals surface area contributed by atoms with Gasteiger partial charge in [0.15, 0.2) is 0 Å². The number of anilines is 2. The van der Waals surface area contributed by atoms with Gasteiger partial charge in [0, 0.05) is 11.4 Å². The number of hydrogen-bond donors (Lipinski definition) is 1. The van der Waals surface area contributed by atoms with Gasteiger partial charge in [-0.05, 0) is 24.3 Å². The van der Waals surface area contributed by atoms with Crippen molar-refractivity contribution in [1.82, 2.24) is 0 Å². The second kappa shape index (κ2) is 7.86. The van der Waals surface area contributed by atoms with Crippen molar-refractivity contribution in [2.45, 2.75) is 0 Å². The van der Waals surface area contributed by atoms with Gasteiger partial charge in [0.1, 0.15) is 18.4 Å². The summed E-state index contributed by atoms with van der Waals surface area (Å²) in [5, 5.41) is 0. The summed E-state index contributed by atoms with van der Waals surface area (Å²) in [6.45, 7) is 0.261. The maximum absolute atomic E-state index is 11.7. The number of benzene rings is 1. The summed E-state index contributed by atoms with van der Waals surface area (Å²) in [4.78, 5) is 24.1. The fourth-order valence-corrected chi connectivity index (χ4v) is 1.63. The van der Waals surface area contributed by atoms with E-state index in [4.69, 9.17) is 33.7 Å². The van der Waals surface area contributed by atoms with Gasteiger partial charge in [0.2, 0.25) is 5.91 Å². The SMILES string of the molecule is Nc1ccc(N(CCOC(=O)CCl)C(=O)CCl)cc1. The summed E-state index contributed by atoms with van der Waals surface area (Å²) in [5.41, 5.74) is 6.81. The van der Waals surface area contributed by atoms with Crippen molar-refractivity contribution in [2.75, 3.05) is 35.5 Å². The molecule has 0 aromatic heterocycles.